The van der Waals surface area contributed by atoms with Crippen LogP contribution >= 0.6 is 11.8 Å². The normalized spacial score (nSPS) is 12.4. The molecule has 1 N–H and O–H groups in total. The second kappa shape index (κ2) is 6.64. The Morgan fingerprint density at radius 2 is 2.22 bits per heavy atom. The predicted octanol–water partition coefficient (Wildman–Crippen LogP) is 2.76. The number of rotatable bonds is 6. The van der Waals surface area contributed by atoms with Crippen molar-refractivity contribution in [3.63, 3.8) is 0 Å². The van der Waals surface area contributed by atoms with Gasteiger partial charge in [-0.05, 0) is 19.8 Å². The van der Waals surface area contributed by atoms with Crippen LogP contribution in [0, 0.1) is 0 Å². The van der Waals surface area contributed by atoms with Gasteiger partial charge in [0, 0.05) is 11.8 Å². The van der Waals surface area contributed by atoms with Gasteiger partial charge in [0.2, 0.25) is 5.88 Å². The third-order valence-corrected chi connectivity index (χ3v) is 3.82. The van der Waals surface area contributed by atoms with E-state index in [0.29, 0.717) is 22.9 Å². The molecule has 1 aromatic heterocycles. The zero-order valence-electron chi connectivity index (χ0n) is 11.1. The Labute approximate surface area is 112 Å². The number of hydrogen-bond acceptors (Lipinski definition) is 4. The maximum atomic E-state index is 12.3. The first-order valence-electron chi connectivity index (χ1n) is 6.14. The fourth-order valence-corrected chi connectivity index (χ4v) is 2.48. The van der Waals surface area contributed by atoms with Gasteiger partial charge in [-0.2, -0.15) is 4.98 Å². The second-order valence-electron chi connectivity index (χ2n) is 4.08. The molecule has 1 heterocycles. The van der Waals surface area contributed by atoms with E-state index in [9.17, 15) is 9.90 Å². The first kappa shape index (κ1) is 14.8. The van der Waals surface area contributed by atoms with Crippen molar-refractivity contribution in [2.75, 3.05) is 5.75 Å². The SMILES string of the molecule is C=CCSc1nc(O)c(CC)c(=O)n1C(C)CC. The minimum atomic E-state index is -0.145. The molecule has 0 radical (unpaired) electrons. The van der Waals surface area contributed by atoms with Gasteiger partial charge in [0.05, 0.1) is 5.56 Å². The van der Waals surface area contributed by atoms with Crippen LogP contribution in [-0.4, -0.2) is 20.4 Å². The van der Waals surface area contributed by atoms with E-state index in [1.165, 1.54) is 11.8 Å². The molecule has 1 aromatic rings. The van der Waals surface area contributed by atoms with Crippen molar-refractivity contribution in [2.24, 2.45) is 0 Å². The van der Waals surface area contributed by atoms with Crippen molar-refractivity contribution in [3.8, 4) is 5.88 Å². The van der Waals surface area contributed by atoms with Crippen molar-refractivity contribution in [1.29, 1.82) is 0 Å². The molecule has 0 aliphatic heterocycles. The number of thioether (sulfide) groups is 1. The second-order valence-corrected chi connectivity index (χ2v) is 5.07. The van der Waals surface area contributed by atoms with Crippen LogP contribution in [0.5, 0.6) is 5.88 Å². The molecule has 0 aliphatic rings. The van der Waals surface area contributed by atoms with E-state index in [0.717, 1.165) is 6.42 Å². The van der Waals surface area contributed by atoms with Gasteiger partial charge in [0.1, 0.15) is 0 Å². The summed E-state index contributed by atoms with van der Waals surface area (Å²) in [5.41, 5.74) is 0.254. The molecule has 0 bridgehead atoms. The third-order valence-electron chi connectivity index (χ3n) is 2.87. The summed E-state index contributed by atoms with van der Waals surface area (Å²) in [5.74, 6) is 0.516. The van der Waals surface area contributed by atoms with Crippen molar-refractivity contribution >= 4 is 11.8 Å². The Morgan fingerprint density at radius 3 is 2.72 bits per heavy atom. The molecule has 0 saturated heterocycles. The Morgan fingerprint density at radius 1 is 1.56 bits per heavy atom. The molecule has 18 heavy (non-hydrogen) atoms. The van der Waals surface area contributed by atoms with Crippen LogP contribution in [0.3, 0.4) is 0 Å². The van der Waals surface area contributed by atoms with E-state index < -0.39 is 0 Å². The molecule has 1 rings (SSSR count). The lowest BCUT2D eigenvalue weighted by molar-refractivity contribution is 0.402. The van der Waals surface area contributed by atoms with Gasteiger partial charge in [0.15, 0.2) is 5.16 Å². The van der Waals surface area contributed by atoms with Crippen LogP contribution in [0.25, 0.3) is 0 Å². The first-order valence-corrected chi connectivity index (χ1v) is 7.13. The smallest absolute Gasteiger partial charge is 0.261 e. The van der Waals surface area contributed by atoms with Gasteiger partial charge < -0.3 is 5.11 Å². The summed E-state index contributed by atoms with van der Waals surface area (Å²) >= 11 is 1.41. The van der Waals surface area contributed by atoms with Gasteiger partial charge in [-0.3, -0.25) is 9.36 Å². The zero-order valence-corrected chi connectivity index (χ0v) is 12.0. The fraction of sp³-hybridized carbons (Fsp3) is 0.538. The fourth-order valence-electron chi connectivity index (χ4n) is 1.66. The minimum Gasteiger partial charge on any atom is -0.493 e. The van der Waals surface area contributed by atoms with Crippen molar-refractivity contribution in [3.05, 3.63) is 28.6 Å². The quantitative estimate of drug-likeness (QED) is 0.489. The molecule has 1 unspecified atom stereocenters. The van der Waals surface area contributed by atoms with Gasteiger partial charge in [0.25, 0.3) is 5.56 Å². The van der Waals surface area contributed by atoms with Crippen LogP contribution in [0.4, 0.5) is 0 Å². The largest absolute Gasteiger partial charge is 0.493 e. The molecule has 0 amide bonds. The number of aromatic hydroxyl groups is 1. The third kappa shape index (κ3) is 2.96. The van der Waals surface area contributed by atoms with Crippen molar-refractivity contribution in [1.82, 2.24) is 9.55 Å². The zero-order chi connectivity index (χ0) is 13.7. The summed E-state index contributed by atoms with van der Waals surface area (Å²) in [5, 5.41) is 10.3. The predicted molar refractivity (Wildman–Crippen MR) is 75.5 cm³/mol. The molecule has 0 saturated carbocycles. The standard InChI is InChI=1S/C13H20N2O2S/c1-5-8-18-13-14-11(16)10(7-3)12(17)15(13)9(4)6-2/h5,9,16H,1,6-8H2,2-4H3. The number of aromatic nitrogens is 2. The monoisotopic (exact) mass is 268 g/mol. The van der Waals surface area contributed by atoms with Crippen LogP contribution in [-0.2, 0) is 6.42 Å². The summed E-state index contributed by atoms with van der Waals surface area (Å²) in [6.07, 6.45) is 3.08. The summed E-state index contributed by atoms with van der Waals surface area (Å²) < 4.78 is 1.67. The average molecular weight is 268 g/mol. The van der Waals surface area contributed by atoms with Crippen LogP contribution in [0.2, 0.25) is 0 Å². The Kier molecular flexibility index (Phi) is 5.47. The highest BCUT2D eigenvalue weighted by atomic mass is 32.2. The number of nitrogens with zero attached hydrogens (tertiary/aromatic N) is 2. The lowest BCUT2D eigenvalue weighted by atomic mass is 10.2. The summed E-state index contributed by atoms with van der Waals surface area (Å²) in [7, 11) is 0. The van der Waals surface area contributed by atoms with Crippen molar-refractivity contribution < 1.29 is 5.11 Å². The molecular weight excluding hydrogens is 248 g/mol. The Hall–Kier alpha value is -1.23. The molecule has 0 aromatic carbocycles. The van der Waals surface area contributed by atoms with E-state index in [-0.39, 0.29) is 17.5 Å². The maximum Gasteiger partial charge on any atom is 0.261 e. The minimum absolute atomic E-state index is 0.0724. The van der Waals surface area contributed by atoms with E-state index in [2.05, 4.69) is 11.6 Å². The molecule has 4 nitrogen and oxygen atoms in total. The van der Waals surface area contributed by atoms with Gasteiger partial charge >= 0.3 is 0 Å². The van der Waals surface area contributed by atoms with Gasteiger partial charge in [-0.25, -0.2) is 0 Å². The highest BCUT2D eigenvalue weighted by molar-refractivity contribution is 7.99. The molecule has 100 valence electrons. The van der Waals surface area contributed by atoms with Gasteiger partial charge in [-0.15, -0.1) is 6.58 Å². The van der Waals surface area contributed by atoms with Gasteiger partial charge in [-0.1, -0.05) is 31.7 Å². The topological polar surface area (TPSA) is 55.1 Å². The molecule has 5 heteroatoms. The summed E-state index contributed by atoms with van der Waals surface area (Å²) in [6, 6.07) is 0.0724. The first-order chi connectivity index (χ1) is 8.56. The highest BCUT2D eigenvalue weighted by Gasteiger charge is 2.17. The van der Waals surface area contributed by atoms with Crippen LogP contribution in [0.15, 0.2) is 22.6 Å². The van der Waals surface area contributed by atoms with Crippen LogP contribution < -0.4 is 5.56 Å². The number of hydrogen-bond donors (Lipinski definition) is 1. The lowest BCUT2D eigenvalue weighted by Gasteiger charge is -2.18. The van der Waals surface area contributed by atoms with Crippen LogP contribution in [0.1, 0.15) is 38.8 Å². The molecular formula is C13H20N2O2S. The lowest BCUT2D eigenvalue weighted by Crippen LogP contribution is -2.28. The van der Waals surface area contributed by atoms with E-state index in [1.807, 2.05) is 20.8 Å². The highest BCUT2D eigenvalue weighted by Crippen LogP contribution is 2.23. The molecule has 0 fully saturated rings. The van der Waals surface area contributed by atoms with E-state index >= 15 is 0 Å². The van der Waals surface area contributed by atoms with Crippen molar-refractivity contribution in [2.45, 2.75) is 44.8 Å². The van der Waals surface area contributed by atoms with E-state index in [1.54, 1.807) is 10.6 Å². The average Bonchev–Trinajstić information content (AvgIpc) is 2.35. The Bertz CT molecular complexity index is 483. The summed E-state index contributed by atoms with van der Waals surface area (Å²) in [4.78, 5) is 16.5. The Balaban J connectivity index is 3.40. The maximum absolute atomic E-state index is 12.3. The molecule has 0 aliphatic carbocycles. The molecule has 0 spiro atoms. The summed E-state index contributed by atoms with van der Waals surface area (Å²) in [6.45, 7) is 9.50. The van der Waals surface area contributed by atoms with E-state index in [4.69, 9.17) is 0 Å². The molecule has 1 atom stereocenters.